The molecular weight excluding hydrogens is 196 g/mol. The Morgan fingerprint density at radius 3 is 2.57 bits per heavy atom. The first kappa shape index (κ1) is 10.8. The average molecular weight is 216 g/mol. The molecular formula is C11H20O2S. The maximum Gasteiger partial charge on any atom is 0.0666 e. The molecule has 2 aliphatic rings. The summed E-state index contributed by atoms with van der Waals surface area (Å²) in [6, 6.07) is 0. The number of hydrogen-bond donors (Lipinski definition) is 1. The van der Waals surface area contributed by atoms with E-state index in [0.717, 1.165) is 19.4 Å². The molecule has 1 saturated carbocycles. The van der Waals surface area contributed by atoms with Crippen molar-refractivity contribution in [1.82, 2.24) is 0 Å². The Hall–Kier alpha value is 0.270. The number of aliphatic hydroxyl groups is 1. The fourth-order valence-electron chi connectivity index (χ4n) is 2.35. The molecule has 0 aromatic heterocycles. The van der Waals surface area contributed by atoms with Gasteiger partial charge in [-0.2, -0.15) is 0 Å². The monoisotopic (exact) mass is 216 g/mol. The van der Waals surface area contributed by atoms with Crippen molar-refractivity contribution in [3.05, 3.63) is 0 Å². The molecule has 1 aliphatic carbocycles. The van der Waals surface area contributed by atoms with E-state index in [0.29, 0.717) is 16.6 Å². The minimum absolute atomic E-state index is 0.0680. The molecule has 2 unspecified atom stereocenters. The second-order valence-corrected chi connectivity index (χ2v) is 5.91. The van der Waals surface area contributed by atoms with Crippen molar-refractivity contribution in [1.29, 1.82) is 0 Å². The molecule has 1 saturated heterocycles. The highest BCUT2D eigenvalue weighted by Crippen LogP contribution is 2.36. The van der Waals surface area contributed by atoms with Gasteiger partial charge in [0.15, 0.2) is 0 Å². The first-order valence-corrected chi connectivity index (χ1v) is 6.67. The lowest BCUT2D eigenvalue weighted by Crippen LogP contribution is -2.30. The van der Waals surface area contributed by atoms with E-state index in [1.165, 1.54) is 19.3 Å². The van der Waals surface area contributed by atoms with Crippen LogP contribution in [-0.4, -0.2) is 34.4 Å². The number of rotatable bonds is 2. The lowest BCUT2D eigenvalue weighted by molar-refractivity contribution is 0.125. The van der Waals surface area contributed by atoms with Crippen LogP contribution in [0.5, 0.6) is 0 Å². The summed E-state index contributed by atoms with van der Waals surface area (Å²) in [4.78, 5) is 0. The van der Waals surface area contributed by atoms with Crippen molar-refractivity contribution in [3.8, 4) is 0 Å². The standard InChI is InChI=1S/C11H20O2S/c1-8-10(6-7-13-8)14-11-5-3-2-4-9(11)12/h8-12H,2-7H2,1H3/t8?,9-,10?,11-/m1/s1. The Labute approximate surface area is 90.4 Å². The molecule has 0 bridgehead atoms. The summed E-state index contributed by atoms with van der Waals surface area (Å²) in [5, 5.41) is 10.9. The zero-order chi connectivity index (χ0) is 9.97. The predicted octanol–water partition coefficient (Wildman–Crippen LogP) is 2.20. The van der Waals surface area contributed by atoms with Crippen LogP contribution in [0.3, 0.4) is 0 Å². The Morgan fingerprint density at radius 2 is 1.93 bits per heavy atom. The van der Waals surface area contributed by atoms with Gasteiger partial charge >= 0.3 is 0 Å². The van der Waals surface area contributed by atoms with Crippen molar-refractivity contribution >= 4 is 11.8 Å². The highest BCUT2D eigenvalue weighted by molar-refractivity contribution is 8.00. The second kappa shape index (κ2) is 4.86. The van der Waals surface area contributed by atoms with Crippen molar-refractivity contribution < 1.29 is 9.84 Å². The lowest BCUT2D eigenvalue weighted by Gasteiger charge is -2.29. The minimum Gasteiger partial charge on any atom is -0.392 e. The van der Waals surface area contributed by atoms with Gasteiger partial charge in [-0.15, -0.1) is 11.8 Å². The fraction of sp³-hybridized carbons (Fsp3) is 1.00. The molecule has 1 N–H and O–H groups in total. The van der Waals surface area contributed by atoms with Crippen LogP contribution in [0.15, 0.2) is 0 Å². The van der Waals surface area contributed by atoms with Gasteiger partial charge in [0.1, 0.15) is 0 Å². The van der Waals surface area contributed by atoms with E-state index in [2.05, 4.69) is 6.92 Å². The largest absolute Gasteiger partial charge is 0.392 e. The molecule has 2 fully saturated rings. The second-order valence-electron chi connectivity index (χ2n) is 4.43. The zero-order valence-electron chi connectivity index (χ0n) is 8.82. The smallest absolute Gasteiger partial charge is 0.0666 e. The Kier molecular flexibility index (Phi) is 3.74. The molecule has 3 heteroatoms. The van der Waals surface area contributed by atoms with Gasteiger partial charge in [0.2, 0.25) is 0 Å². The topological polar surface area (TPSA) is 29.5 Å². The van der Waals surface area contributed by atoms with E-state index >= 15 is 0 Å². The molecule has 0 amide bonds. The number of aliphatic hydroxyl groups excluding tert-OH is 1. The third-order valence-corrected chi connectivity index (χ3v) is 5.19. The summed E-state index contributed by atoms with van der Waals surface area (Å²) in [5.74, 6) is 0. The molecule has 2 rings (SSSR count). The molecule has 0 aromatic rings. The van der Waals surface area contributed by atoms with Gasteiger partial charge < -0.3 is 9.84 Å². The van der Waals surface area contributed by atoms with Crippen LogP contribution in [0, 0.1) is 0 Å². The Bertz CT molecular complexity index is 186. The molecule has 14 heavy (non-hydrogen) atoms. The fourth-order valence-corrected chi connectivity index (χ4v) is 3.95. The molecule has 1 heterocycles. The Balaban J connectivity index is 1.83. The van der Waals surface area contributed by atoms with Gasteiger partial charge in [-0.05, 0) is 26.2 Å². The first-order valence-electron chi connectivity index (χ1n) is 5.72. The SMILES string of the molecule is CC1OCCC1S[C@@H]1CCCC[C@H]1O. The van der Waals surface area contributed by atoms with Crippen LogP contribution < -0.4 is 0 Å². The zero-order valence-corrected chi connectivity index (χ0v) is 9.63. The van der Waals surface area contributed by atoms with Crippen LogP contribution in [0.2, 0.25) is 0 Å². The van der Waals surface area contributed by atoms with E-state index in [1.54, 1.807) is 0 Å². The van der Waals surface area contributed by atoms with Crippen LogP contribution >= 0.6 is 11.8 Å². The van der Waals surface area contributed by atoms with E-state index in [9.17, 15) is 5.11 Å². The highest BCUT2D eigenvalue weighted by atomic mass is 32.2. The molecule has 1 aliphatic heterocycles. The van der Waals surface area contributed by atoms with Gasteiger partial charge in [-0.1, -0.05) is 12.8 Å². The average Bonchev–Trinajstić information content (AvgIpc) is 2.56. The quantitative estimate of drug-likeness (QED) is 0.767. The maximum atomic E-state index is 9.85. The van der Waals surface area contributed by atoms with Gasteiger partial charge in [0.25, 0.3) is 0 Å². The van der Waals surface area contributed by atoms with Crippen molar-refractivity contribution in [2.75, 3.05) is 6.61 Å². The Morgan fingerprint density at radius 1 is 1.14 bits per heavy atom. The third kappa shape index (κ3) is 2.44. The van der Waals surface area contributed by atoms with E-state index in [1.807, 2.05) is 11.8 Å². The van der Waals surface area contributed by atoms with Crippen molar-refractivity contribution in [2.24, 2.45) is 0 Å². The van der Waals surface area contributed by atoms with E-state index in [4.69, 9.17) is 4.74 Å². The maximum absolute atomic E-state index is 9.85. The minimum atomic E-state index is -0.0680. The summed E-state index contributed by atoms with van der Waals surface area (Å²) in [7, 11) is 0. The normalized spacial score (nSPS) is 44.1. The van der Waals surface area contributed by atoms with Crippen LogP contribution in [0.25, 0.3) is 0 Å². The highest BCUT2D eigenvalue weighted by Gasteiger charge is 2.31. The molecule has 2 nitrogen and oxygen atoms in total. The molecule has 82 valence electrons. The molecule has 4 atom stereocenters. The summed E-state index contributed by atoms with van der Waals surface area (Å²) in [6.07, 6.45) is 6.16. The first-order chi connectivity index (χ1) is 6.77. The third-order valence-electron chi connectivity index (χ3n) is 3.32. The summed E-state index contributed by atoms with van der Waals surface area (Å²) in [6.45, 7) is 3.06. The van der Waals surface area contributed by atoms with Crippen LogP contribution in [-0.2, 0) is 4.74 Å². The summed E-state index contributed by atoms with van der Waals surface area (Å²) in [5.41, 5.74) is 0. The van der Waals surface area contributed by atoms with Crippen molar-refractivity contribution in [2.45, 2.75) is 61.7 Å². The molecule has 0 spiro atoms. The predicted molar refractivity (Wildman–Crippen MR) is 59.7 cm³/mol. The van der Waals surface area contributed by atoms with Crippen LogP contribution in [0.4, 0.5) is 0 Å². The van der Waals surface area contributed by atoms with Gasteiger partial charge in [0, 0.05) is 17.1 Å². The van der Waals surface area contributed by atoms with Gasteiger partial charge in [-0.3, -0.25) is 0 Å². The summed E-state index contributed by atoms with van der Waals surface area (Å²) >= 11 is 1.97. The van der Waals surface area contributed by atoms with Gasteiger partial charge in [0.05, 0.1) is 12.2 Å². The summed E-state index contributed by atoms with van der Waals surface area (Å²) < 4.78 is 5.54. The van der Waals surface area contributed by atoms with E-state index < -0.39 is 0 Å². The lowest BCUT2D eigenvalue weighted by atomic mass is 9.97. The van der Waals surface area contributed by atoms with Gasteiger partial charge in [-0.25, -0.2) is 0 Å². The molecule has 0 aromatic carbocycles. The number of ether oxygens (including phenoxy) is 1. The number of thioether (sulfide) groups is 1. The number of hydrogen-bond acceptors (Lipinski definition) is 3. The van der Waals surface area contributed by atoms with Crippen molar-refractivity contribution in [3.63, 3.8) is 0 Å². The van der Waals surface area contributed by atoms with Crippen LogP contribution in [0.1, 0.15) is 39.0 Å². The molecule has 0 radical (unpaired) electrons. The van der Waals surface area contributed by atoms with E-state index in [-0.39, 0.29) is 6.10 Å².